The number of hydrogen-bond donors (Lipinski definition) is 2. The Bertz CT molecular complexity index is 517. The van der Waals surface area contributed by atoms with Crippen LogP contribution in [0.25, 0.3) is 6.08 Å². The Balaban J connectivity index is 1.75. The van der Waals surface area contributed by atoms with E-state index in [1.54, 1.807) is 6.08 Å². The van der Waals surface area contributed by atoms with Gasteiger partial charge in [0, 0.05) is 24.0 Å². The minimum Gasteiger partial charge on any atom is -0.478 e. The highest BCUT2D eigenvalue weighted by Gasteiger charge is 2.16. The van der Waals surface area contributed by atoms with Gasteiger partial charge in [-0.25, -0.2) is 4.79 Å². The van der Waals surface area contributed by atoms with E-state index in [4.69, 9.17) is 9.84 Å². The molecule has 2 N–H and O–H groups in total. The summed E-state index contributed by atoms with van der Waals surface area (Å²) in [5.41, 5.74) is 0.835. The summed E-state index contributed by atoms with van der Waals surface area (Å²) in [6.45, 7) is 1.24. The predicted molar refractivity (Wildman–Crippen MR) is 81.0 cm³/mol. The standard InChI is InChI=1S/C15H19NO4S/c17-14(5-4-12-2-1-8-20-12)16-10-13-11(7-9-21-13)3-6-15(18)19/h3,6-7,9,12H,1-2,4-5,8,10H2,(H,16,17)(H,18,19)/b6-3+. The lowest BCUT2D eigenvalue weighted by molar-refractivity contribution is -0.131. The third-order valence-electron chi connectivity index (χ3n) is 3.35. The van der Waals surface area contributed by atoms with Crippen LogP contribution in [-0.4, -0.2) is 29.7 Å². The SMILES string of the molecule is O=C(O)/C=C/c1ccsc1CNC(=O)CCC1CCCO1. The van der Waals surface area contributed by atoms with Gasteiger partial charge in [-0.15, -0.1) is 11.3 Å². The van der Waals surface area contributed by atoms with E-state index in [9.17, 15) is 9.59 Å². The number of hydrogen-bond acceptors (Lipinski definition) is 4. The number of thiophene rings is 1. The van der Waals surface area contributed by atoms with E-state index in [-0.39, 0.29) is 12.0 Å². The van der Waals surface area contributed by atoms with Crippen molar-refractivity contribution in [3.05, 3.63) is 28.0 Å². The van der Waals surface area contributed by atoms with E-state index in [1.165, 1.54) is 11.3 Å². The normalized spacial score (nSPS) is 18.2. The van der Waals surface area contributed by atoms with E-state index in [0.717, 1.165) is 42.4 Å². The molecule has 2 rings (SSSR count). The van der Waals surface area contributed by atoms with Crippen molar-refractivity contribution in [2.75, 3.05) is 6.61 Å². The number of ether oxygens (including phenoxy) is 1. The number of nitrogens with one attached hydrogen (secondary N) is 1. The average Bonchev–Trinajstić information content (AvgIpc) is 3.11. The molecule has 0 spiro atoms. The van der Waals surface area contributed by atoms with Crippen molar-refractivity contribution in [1.82, 2.24) is 5.32 Å². The molecule has 21 heavy (non-hydrogen) atoms. The van der Waals surface area contributed by atoms with Gasteiger partial charge in [0.2, 0.25) is 5.91 Å². The van der Waals surface area contributed by atoms with Crippen LogP contribution in [0.15, 0.2) is 17.5 Å². The fraction of sp³-hybridized carbons (Fsp3) is 0.467. The first kappa shape index (κ1) is 15.7. The summed E-state index contributed by atoms with van der Waals surface area (Å²) in [5, 5.41) is 13.4. The molecule has 1 saturated heterocycles. The lowest BCUT2D eigenvalue weighted by Gasteiger charge is -2.09. The first-order valence-electron chi connectivity index (χ1n) is 7.01. The molecule has 114 valence electrons. The highest BCUT2D eigenvalue weighted by atomic mass is 32.1. The molecule has 1 atom stereocenters. The van der Waals surface area contributed by atoms with Crippen molar-refractivity contribution in [3.63, 3.8) is 0 Å². The molecule has 1 fully saturated rings. The van der Waals surface area contributed by atoms with Crippen LogP contribution in [0.3, 0.4) is 0 Å². The van der Waals surface area contributed by atoms with Crippen LogP contribution in [0.5, 0.6) is 0 Å². The number of rotatable bonds is 7. The Hall–Kier alpha value is -1.66. The molecule has 2 heterocycles. The Morgan fingerprint density at radius 1 is 1.52 bits per heavy atom. The number of aliphatic carboxylic acids is 1. The summed E-state index contributed by atoms with van der Waals surface area (Å²) in [5.74, 6) is -0.972. The van der Waals surface area contributed by atoms with E-state index in [1.807, 2.05) is 11.4 Å². The summed E-state index contributed by atoms with van der Waals surface area (Å²) in [7, 11) is 0. The summed E-state index contributed by atoms with van der Waals surface area (Å²) in [4.78, 5) is 23.3. The van der Waals surface area contributed by atoms with Gasteiger partial charge in [0.15, 0.2) is 0 Å². The maximum absolute atomic E-state index is 11.8. The smallest absolute Gasteiger partial charge is 0.328 e. The number of carbonyl (C=O) groups is 2. The zero-order valence-electron chi connectivity index (χ0n) is 11.7. The summed E-state index contributed by atoms with van der Waals surface area (Å²) in [6.07, 6.45) is 6.24. The quantitative estimate of drug-likeness (QED) is 0.759. The second-order valence-electron chi connectivity index (χ2n) is 4.92. The number of carboxylic acid groups (broad SMARTS) is 1. The first-order valence-corrected chi connectivity index (χ1v) is 7.89. The zero-order valence-corrected chi connectivity index (χ0v) is 12.5. The molecule has 1 aliphatic rings. The second-order valence-corrected chi connectivity index (χ2v) is 5.92. The fourth-order valence-electron chi connectivity index (χ4n) is 2.24. The van der Waals surface area contributed by atoms with Gasteiger partial charge in [-0.3, -0.25) is 4.79 Å². The molecular weight excluding hydrogens is 290 g/mol. The predicted octanol–water partition coefficient (Wildman–Crippen LogP) is 2.42. The van der Waals surface area contributed by atoms with Crippen LogP contribution in [0.1, 0.15) is 36.1 Å². The van der Waals surface area contributed by atoms with Gasteiger partial charge in [0.25, 0.3) is 0 Å². The summed E-state index contributed by atoms with van der Waals surface area (Å²) in [6, 6.07) is 1.85. The molecule has 1 aliphatic heterocycles. The van der Waals surface area contributed by atoms with E-state index in [2.05, 4.69) is 5.32 Å². The van der Waals surface area contributed by atoms with Crippen LogP contribution < -0.4 is 5.32 Å². The van der Waals surface area contributed by atoms with Crippen molar-refractivity contribution in [2.45, 2.75) is 38.3 Å². The van der Waals surface area contributed by atoms with E-state index < -0.39 is 5.97 Å². The fourth-order valence-corrected chi connectivity index (χ4v) is 3.04. The Labute approximate surface area is 127 Å². The summed E-state index contributed by atoms with van der Waals surface area (Å²) < 4.78 is 5.48. The van der Waals surface area contributed by atoms with Crippen LogP contribution in [-0.2, 0) is 20.9 Å². The molecule has 0 aromatic carbocycles. The van der Waals surface area contributed by atoms with Crippen LogP contribution in [0.2, 0.25) is 0 Å². The van der Waals surface area contributed by atoms with Gasteiger partial charge in [0.05, 0.1) is 12.6 Å². The number of carbonyl (C=O) groups excluding carboxylic acids is 1. The number of amides is 1. The van der Waals surface area contributed by atoms with Crippen LogP contribution in [0, 0.1) is 0 Å². The average molecular weight is 309 g/mol. The third kappa shape index (κ3) is 5.32. The maximum Gasteiger partial charge on any atom is 0.328 e. The third-order valence-corrected chi connectivity index (χ3v) is 4.29. The molecule has 0 radical (unpaired) electrons. The van der Waals surface area contributed by atoms with Gasteiger partial charge in [0.1, 0.15) is 0 Å². The van der Waals surface area contributed by atoms with Gasteiger partial charge in [-0.2, -0.15) is 0 Å². The molecule has 6 heteroatoms. The molecule has 0 bridgehead atoms. The van der Waals surface area contributed by atoms with Gasteiger partial charge in [-0.05, 0) is 42.3 Å². The summed E-state index contributed by atoms with van der Waals surface area (Å²) >= 11 is 1.50. The van der Waals surface area contributed by atoms with E-state index in [0.29, 0.717) is 13.0 Å². The van der Waals surface area contributed by atoms with Crippen molar-refractivity contribution < 1.29 is 19.4 Å². The molecule has 1 aromatic heterocycles. The zero-order chi connectivity index (χ0) is 15.1. The van der Waals surface area contributed by atoms with Gasteiger partial charge >= 0.3 is 5.97 Å². The minimum absolute atomic E-state index is 0.00654. The molecule has 1 aromatic rings. The lowest BCUT2D eigenvalue weighted by Crippen LogP contribution is -2.23. The van der Waals surface area contributed by atoms with Gasteiger partial charge in [-0.1, -0.05) is 0 Å². The Morgan fingerprint density at radius 2 is 2.38 bits per heavy atom. The Morgan fingerprint density at radius 3 is 3.10 bits per heavy atom. The Kier molecular flexibility index (Phi) is 5.95. The monoisotopic (exact) mass is 309 g/mol. The van der Waals surface area contributed by atoms with E-state index >= 15 is 0 Å². The van der Waals surface area contributed by atoms with Crippen molar-refractivity contribution in [2.24, 2.45) is 0 Å². The highest BCUT2D eigenvalue weighted by molar-refractivity contribution is 7.10. The molecule has 0 aliphatic carbocycles. The molecular formula is C15H19NO4S. The molecule has 5 nitrogen and oxygen atoms in total. The largest absolute Gasteiger partial charge is 0.478 e. The van der Waals surface area contributed by atoms with Crippen LogP contribution in [0.4, 0.5) is 0 Å². The first-order chi connectivity index (χ1) is 10.1. The number of carboxylic acids is 1. The molecule has 1 amide bonds. The van der Waals surface area contributed by atoms with Crippen molar-refractivity contribution in [1.29, 1.82) is 0 Å². The maximum atomic E-state index is 11.8. The van der Waals surface area contributed by atoms with Gasteiger partial charge < -0.3 is 15.2 Å². The molecule has 1 unspecified atom stereocenters. The lowest BCUT2D eigenvalue weighted by atomic mass is 10.1. The van der Waals surface area contributed by atoms with Crippen LogP contribution >= 0.6 is 11.3 Å². The van der Waals surface area contributed by atoms with Crippen molar-refractivity contribution in [3.8, 4) is 0 Å². The highest BCUT2D eigenvalue weighted by Crippen LogP contribution is 2.19. The topological polar surface area (TPSA) is 75.6 Å². The second kappa shape index (κ2) is 7.95. The van der Waals surface area contributed by atoms with Crippen molar-refractivity contribution >= 4 is 29.3 Å². The minimum atomic E-state index is -0.979. The molecule has 0 saturated carbocycles.